The zero-order chi connectivity index (χ0) is 23.2. The highest BCUT2D eigenvalue weighted by molar-refractivity contribution is 5.77. The molecule has 0 fully saturated rings. The SMILES string of the molecule is C=Cc1cc(CNc2nc(-c3ccc(C=O)cc3)ccc2N)ccc1N=C.CC.CN. The van der Waals surface area contributed by atoms with Crippen molar-refractivity contribution in [2.75, 3.05) is 18.1 Å². The maximum absolute atomic E-state index is 10.8. The summed E-state index contributed by atoms with van der Waals surface area (Å²) >= 11 is 0. The molecule has 0 spiro atoms. The minimum atomic E-state index is 0.559. The fraction of sp³-hybridized carbons (Fsp3) is 0.160. The Bertz CT molecular complexity index is 997. The van der Waals surface area contributed by atoms with E-state index >= 15 is 0 Å². The number of benzene rings is 2. The van der Waals surface area contributed by atoms with E-state index in [0.717, 1.165) is 34.4 Å². The Hall–Kier alpha value is -3.77. The Morgan fingerprint density at radius 2 is 1.74 bits per heavy atom. The van der Waals surface area contributed by atoms with Crippen LogP contribution < -0.4 is 16.8 Å². The van der Waals surface area contributed by atoms with Gasteiger partial charge in [0.1, 0.15) is 12.1 Å². The van der Waals surface area contributed by atoms with Crippen LogP contribution in [-0.2, 0) is 6.54 Å². The van der Waals surface area contributed by atoms with Crippen molar-refractivity contribution < 1.29 is 4.79 Å². The van der Waals surface area contributed by atoms with Gasteiger partial charge in [0, 0.05) is 17.7 Å². The quantitative estimate of drug-likeness (QED) is 0.356. The third-order valence-corrected chi connectivity index (χ3v) is 4.21. The predicted octanol–water partition coefficient (Wildman–Crippen LogP) is 5.33. The summed E-state index contributed by atoms with van der Waals surface area (Å²) in [5, 5.41) is 3.28. The molecule has 1 heterocycles. The summed E-state index contributed by atoms with van der Waals surface area (Å²) in [7, 11) is 1.50. The number of nitrogens with zero attached hydrogens (tertiary/aromatic N) is 2. The standard InChI is InChI=1S/C22H20N4O.C2H6.CH5N/c1-3-17-12-16(6-10-20(17)24-2)13-25-22-19(23)9-11-21(26-22)18-7-4-15(14-27)5-8-18;2*1-2/h3-12,14H,1-2,13,23H2,(H,25,26);1-2H3;2H2,1H3. The maximum atomic E-state index is 10.8. The zero-order valence-electron chi connectivity index (χ0n) is 18.4. The van der Waals surface area contributed by atoms with Crippen LogP contribution in [0, 0.1) is 0 Å². The zero-order valence-corrected chi connectivity index (χ0v) is 18.4. The number of nitrogens with two attached hydrogens (primary N) is 2. The van der Waals surface area contributed by atoms with Gasteiger partial charge in [0.05, 0.1) is 17.1 Å². The first-order valence-electron chi connectivity index (χ1n) is 10.0. The van der Waals surface area contributed by atoms with Crippen molar-refractivity contribution in [3.63, 3.8) is 0 Å². The Balaban J connectivity index is 0.00000113. The molecule has 0 amide bonds. The van der Waals surface area contributed by atoms with Crippen molar-refractivity contribution in [3.05, 3.63) is 77.9 Å². The van der Waals surface area contributed by atoms with E-state index in [9.17, 15) is 4.79 Å². The van der Waals surface area contributed by atoms with E-state index in [0.29, 0.717) is 23.6 Å². The summed E-state index contributed by atoms with van der Waals surface area (Å²) in [5.74, 6) is 0.609. The van der Waals surface area contributed by atoms with E-state index < -0.39 is 0 Å². The average molecular weight is 418 g/mol. The molecule has 5 N–H and O–H groups in total. The monoisotopic (exact) mass is 417 g/mol. The third kappa shape index (κ3) is 6.90. The molecule has 0 bridgehead atoms. The van der Waals surface area contributed by atoms with Gasteiger partial charge in [0.25, 0.3) is 0 Å². The molecule has 0 aliphatic carbocycles. The first-order valence-corrected chi connectivity index (χ1v) is 10.0. The first-order chi connectivity index (χ1) is 15.1. The molecule has 0 unspecified atom stereocenters. The van der Waals surface area contributed by atoms with Crippen LogP contribution >= 0.6 is 0 Å². The van der Waals surface area contributed by atoms with Gasteiger partial charge in [-0.25, -0.2) is 4.98 Å². The average Bonchev–Trinajstić information content (AvgIpc) is 2.85. The number of aldehydes is 1. The number of carbonyl (C=O) groups excluding carboxylic acids is 1. The van der Waals surface area contributed by atoms with E-state index in [-0.39, 0.29) is 0 Å². The Kier molecular flexibility index (Phi) is 11.0. The molecule has 2 aromatic carbocycles. The number of pyridine rings is 1. The molecule has 0 atom stereocenters. The van der Waals surface area contributed by atoms with E-state index in [1.165, 1.54) is 7.05 Å². The van der Waals surface area contributed by atoms with Gasteiger partial charge < -0.3 is 16.8 Å². The van der Waals surface area contributed by atoms with E-state index in [2.05, 4.69) is 34.3 Å². The molecule has 3 rings (SSSR count). The molecule has 6 nitrogen and oxygen atoms in total. The summed E-state index contributed by atoms with van der Waals surface area (Å²) in [5.41, 5.74) is 16.2. The van der Waals surface area contributed by atoms with Gasteiger partial charge in [-0.2, -0.15) is 0 Å². The van der Waals surface area contributed by atoms with Crippen molar-refractivity contribution in [2.45, 2.75) is 20.4 Å². The Morgan fingerprint density at radius 1 is 1.06 bits per heavy atom. The molecule has 0 saturated carbocycles. The highest BCUT2D eigenvalue weighted by Gasteiger charge is 2.06. The number of nitrogen functional groups attached to an aromatic ring is 1. The van der Waals surface area contributed by atoms with E-state index in [1.807, 2.05) is 56.3 Å². The van der Waals surface area contributed by atoms with Crippen molar-refractivity contribution in [1.29, 1.82) is 0 Å². The second-order valence-corrected chi connectivity index (χ2v) is 5.98. The highest BCUT2D eigenvalue weighted by Crippen LogP contribution is 2.25. The lowest BCUT2D eigenvalue weighted by Gasteiger charge is -2.12. The number of aromatic nitrogens is 1. The number of hydrogen-bond acceptors (Lipinski definition) is 6. The van der Waals surface area contributed by atoms with Crippen LogP contribution in [0.2, 0.25) is 0 Å². The lowest BCUT2D eigenvalue weighted by molar-refractivity contribution is 0.112. The van der Waals surface area contributed by atoms with Crippen molar-refractivity contribution in [1.82, 2.24) is 4.98 Å². The molecule has 3 aromatic rings. The fourth-order valence-corrected chi connectivity index (χ4v) is 2.71. The minimum Gasteiger partial charge on any atom is -0.396 e. The van der Waals surface area contributed by atoms with Gasteiger partial charge in [0.15, 0.2) is 0 Å². The third-order valence-electron chi connectivity index (χ3n) is 4.21. The van der Waals surface area contributed by atoms with Gasteiger partial charge >= 0.3 is 0 Å². The van der Waals surface area contributed by atoms with Crippen LogP contribution in [0.25, 0.3) is 17.3 Å². The second kappa shape index (κ2) is 13.5. The fourth-order valence-electron chi connectivity index (χ4n) is 2.71. The largest absolute Gasteiger partial charge is 0.396 e. The lowest BCUT2D eigenvalue weighted by atomic mass is 10.1. The van der Waals surface area contributed by atoms with Crippen molar-refractivity contribution in [3.8, 4) is 11.3 Å². The molecule has 0 saturated heterocycles. The molecule has 0 aliphatic heterocycles. The summed E-state index contributed by atoms with van der Waals surface area (Å²) in [6.45, 7) is 11.9. The Labute approximate surface area is 184 Å². The van der Waals surface area contributed by atoms with E-state index in [1.54, 1.807) is 18.2 Å². The molecular weight excluding hydrogens is 386 g/mol. The molecule has 162 valence electrons. The van der Waals surface area contributed by atoms with Gasteiger partial charge in [0.2, 0.25) is 0 Å². The summed E-state index contributed by atoms with van der Waals surface area (Å²) in [4.78, 5) is 19.4. The van der Waals surface area contributed by atoms with Crippen molar-refractivity contribution >= 4 is 36.3 Å². The van der Waals surface area contributed by atoms with Crippen molar-refractivity contribution in [2.24, 2.45) is 10.7 Å². The van der Waals surface area contributed by atoms with Gasteiger partial charge in [-0.15, -0.1) is 0 Å². The summed E-state index contributed by atoms with van der Waals surface area (Å²) in [6.07, 6.45) is 2.57. The van der Waals surface area contributed by atoms with Crippen LogP contribution in [0.1, 0.15) is 35.3 Å². The molecule has 6 heteroatoms. The molecule has 31 heavy (non-hydrogen) atoms. The van der Waals surface area contributed by atoms with Crippen LogP contribution in [0.3, 0.4) is 0 Å². The predicted molar refractivity (Wildman–Crippen MR) is 134 cm³/mol. The first kappa shape index (κ1) is 25.3. The number of rotatable bonds is 7. The minimum absolute atomic E-state index is 0.559. The molecular formula is C25H31N5O. The summed E-state index contributed by atoms with van der Waals surface area (Å²) < 4.78 is 0. The molecule has 0 aliphatic rings. The van der Waals surface area contributed by atoms with Crippen LogP contribution in [0.15, 0.2) is 66.2 Å². The van der Waals surface area contributed by atoms with Gasteiger partial charge in [-0.05, 0) is 49.2 Å². The lowest BCUT2D eigenvalue weighted by Crippen LogP contribution is -2.05. The van der Waals surface area contributed by atoms with E-state index in [4.69, 9.17) is 5.73 Å². The Morgan fingerprint density at radius 3 is 2.32 bits per heavy atom. The number of anilines is 2. The van der Waals surface area contributed by atoms with Crippen LogP contribution in [-0.4, -0.2) is 25.0 Å². The number of nitrogens with one attached hydrogen (secondary N) is 1. The number of hydrogen-bond donors (Lipinski definition) is 3. The number of aliphatic imine (C=N–C) groups is 1. The molecule has 0 radical (unpaired) electrons. The highest BCUT2D eigenvalue weighted by atomic mass is 16.1. The topological polar surface area (TPSA) is 106 Å². The smallest absolute Gasteiger partial charge is 0.150 e. The second-order valence-electron chi connectivity index (χ2n) is 5.98. The maximum Gasteiger partial charge on any atom is 0.150 e. The number of carbonyl (C=O) groups is 1. The van der Waals surface area contributed by atoms with Gasteiger partial charge in [-0.1, -0.05) is 56.8 Å². The summed E-state index contributed by atoms with van der Waals surface area (Å²) in [6, 6.07) is 16.8. The normalized spacial score (nSPS) is 9.29. The van der Waals surface area contributed by atoms with Gasteiger partial charge in [-0.3, -0.25) is 9.79 Å². The molecule has 1 aromatic heterocycles. The van der Waals surface area contributed by atoms with Crippen LogP contribution in [0.5, 0.6) is 0 Å². The van der Waals surface area contributed by atoms with Crippen LogP contribution in [0.4, 0.5) is 17.2 Å².